The zero-order valence-corrected chi connectivity index (χ0v) is 11.7. The summed E-state index contributed by atoms with van der Waals surface area (Å²) >= 11 is 1.47. The molecule has 96 valence electrons. The van der Waals surface area contributed by atoms with E-state index in [1.807, 2.05) is 14.0 Å². The van der Waals surface area contributed by atoms with Crippen LogP contribution in [-0.2, 0) is 16.6 Å². The van der Waals surface area contributed by atoms with Crippen LogP contribution in [-0.4, -0.2) is 21.0 Å². The molecule has 1 heterocycles. The van der Waals surface area contributed by atoms with Crippen LogP contribution >= 0.6 is 11.3 Å². The first-order valence-electron chi connectivity index (χ1n) is 5.71. The lowest BCUT2D eigenvalue weighted by Crippen LogP contribution is -2.50. The summed E-state index contributed by atoms with van der Waals surface area (Å²) in [6.45, 7) is 2.67. The standard InChI is InChI=1S/C11H18N2O2S2/c1-11(4-3-5-11)13-17(14,15)10-6-9(7-12-2)16-8-10/h6,8,12-13H,3-5,7H2,1-2H3. The molecule has 0 saturated heterocycles. The fraction of sp³-hybridized carbons (Fsp3) is 0.636. The highest BCUT2D eigenvalue weighted by molar-refractivity contribution is 7.89. The molecule has 1 fully saturated rings. The van der Waals surface area contributed by atoms with Crippen molar-refractivity contribution in [3.8, 4) is 0 Å². The van der Waals surface area contributed by atoms with Crippen LogP contribution < -0.4 is 10.0 Å². The van der Waals surface area contributed by atoms with Gasteiger partial charge in [0.15, 0.2) is 0 Å². The van der Waals surface area contributed by atoms with E-state index in [1.54, 1.807) is 11.4 Å². The van der Waals surface area contributed by atoms with Gasteiger partial charge >= 0.3 is 0 Å². The molecule has 0 amide bonds. The van der Waals surface area contributed by atoms with E-state index in [0.29, 0.717) is 11.4 Å². The summed E-state index contributed by atoms with van der Waals surface area (Å²) in [7, 11) is -1.49. The Kier molecular flexibility index (Phi) is 3.58. The predicted molar refractivity (Wildman–Crippen MR) is 69.7 cm³/mol. The van der Waals surface area contributed by atoms with Gasteiger partial charge in [-0.25, -0.2) is 13.1 Å². The fourth-order valence-electron chi connectivity index (χ4n) is 1.96. The molecular weight excluding hydrogens is 256 g/mol. The zero-order chi connectivity index (χ0) is 12.5. The van der Waals surface area contributed by atoms with Crippen LogP contribution in [0.25, 0.3) is 0 Å². The number of sulfonamides is 1. The van der Waals surface area contributed by atoms with E-state index in [1.165, 1.54) is 11.3 Å². The SMILES string of the molecule is CNCc1cc(S(=O)(=O)NC2(C)CCC2)cs1. The molecule has 6 heteroatoms. The minimum Gasteiger partial charge on any atom is -0.315 e. The second-order valence-corrected chi connectivity index (χ2v) is 7.48. The fourth-order valence-corrected chi connectivity index (χ4v) is 4.71. The maximum atomic E-state index is 12.1. The molecule has 0 aliphatic heterocycles. The van der Waals surface area contributed by atoms with Crippen molar-refractivity contribution in [3.63, 3.8) is 0 Å². The van der Waals surface area contributed by atoms with E-state index in [4.69, 9.17) is 0 Å². The lowest BCUT2D eigenvalue weighted by atomic mass is 9.80. The van der Waals surface area contributed by atoms with Gasteiger partial charge in [-0.1, -0.05) is 0 Å². The summed E-state index contributed by atoms with van der Waals surface area (Å²) in [5.41, 5.74) is -0.232. The van der Waals surface area contributed by atoms with Crippen LogP contribution in [0.15, 0.2) is 16.3 Å². The Morgan fingerprint density at radius 3 is 2.71 bits per heavy atom. The summed E-state index contributed by atoms with van der Waals surface area (Å²) in [5, 5.41) is 4.72. The van der Waals surface area contributed by atoms with Crippen LogP contribution in [0.1, 0.15) is 31.1 Å². The van der Waals surface area contributed by atoms with Gasteiger partial charge in [-0.15, -0.1) is 11.3 Å². The molecule has 0 atom stereocenters. The largest absolute Gasteiger partial charge is 0.315 e. The Morgan fingerprint density at radius 1 is 1.47 bits per heavy atom. The molecule has 0 spiro atoms. The molecule has 1 aliphatic carbocycles. The van der Waals surface area contributed by atoms with Crippen LogP contribution in [0.4, 0.5) is 0 Å². The van der Waals surface area contributed by atoms with Crippen LogP contribution in [0.2, 0.25) is 0 Å². The first-order chi connectivity index (χ1) is 7.95. The van der Waals surface area contributed by atoms with Crippen LogP contribution in [0.3, 0.4) is 0 Å². The topological polar surface area (TPSA) is 58.2 Å². The van der Waals surface area contributed by atoms with E-state index < -0.39 is 10.0 Å². The van der Waals surface area contributed by atoms with Crippen LogP contribution in [0, 0.1) is 0 Å². The molecule has 2 N–H and O–H groups in total. The summed E-state index contributed by atoms with van der Waals surface area (Å²) in [6, 6.07) is 1.74. The molecule has 0 unspecified atom stereocenters. The highest BCUT2D eigenvalue weighted by Crippen LogP contribution is 2.33. The Bertz CT molecular complexity index is 489. The number of nitrogens with one attached hydrogen (secondary N) is 2. The molecule has 0 radical (unpaired) electrons. The molecule has 17 heavy (non-hydrogen) atoms. The summed E-state index contributed by atoms with van der Waals surface area (Å²) < 4.78 is 27.1. The zero-order valence-electron chi connectivity index (χ0n) is 10.1. The van der Waals surface area contributed by atoms with E-state index in [9.17, 15) is 8.42 Å². The second-order valence-electron chi connectivity index (χ2n) is 4.80. The van der Waals surface area contributed by atoms with E-state index in [0.717, 1.165) is 24.1 Å². The second kappa shape index (κ2) is 4.68. The highest BCUT2D eigenvalue weighted by atomic mass is 32.2. The minimum absolute atomic E-state index is 0.232. The van der Waals surface area contributed by atoms with Crippen molar-refractivity contribution < 1.29 is 8.42 Å². The molecule has 0 bridgehead atoms. The third-order valence-corrected chi connectivity index (χ3v) is 5.83. The summed E-state index contributed by atoms with van der Waals surface area (Å²) in [5.74, 6) is 0. The molecule has 4 nitrogen and oxygen atoms in total. The first-order valence-corrected chi connectivity index (χ1v) is 8.07. The van der Waals surface area contributed by atoms with Crippen molar-refractivity contribution in [3.05, 3.63) is 16.3 Å². The molecule has 0 aromatic carbocycles. The smallest absolute Gasteiger partial charge is 0.241 e. The molecule has 1 aromatic rings. The molecular formula is C11H18N2O2S2. The average molecular weight is 274 g/mol. The van der Waals surface area contributed by atoms with Crippen molar-refractivity contribution in [1.82, 2.24) is 10.0 Å². The van der Waals surface area contributed by atoms with Gasteiger partial charge in [0.1, 0.15) is 0 Å². The van der Waals surface area contributed by atoms with Gasteiger partial charge in [-0.2, -0.15) is 0 Å². The van der Waals surface area contributed by atoms with Crippen molar-refractivity contribution in [1.29, 1.82) is 0 Å². The van der Waals surface area contributed by atoms with Crippen molar-refractivity contribution in [2.24, 2.45) is 0 Å². The third kappa shape index (κ3) is 2.88. The quantitative estimate of drug-likeness (QED) is 0.859. The Hall–Kier alpha value is -0.430. The summed E-state index contributed by atoms with van der Waals surface area (Å²) in [6.07, 6.45) is 2.97. The van der Waals surface area contributed by atoms with Gasteiger partial charge in [0.25, 0.3) is 0 Å². The predicted octanol–water partition coefficient (Wildman–Crippen LogP) is 1.69. The van der Waals surface area contributed by atoms with E-state index >= 15 is 0 Å². The Balaban J connectivity index is 2.13. The van der Waals surface area contributed by atoms with E-state index in [2.05, 4.69) is 10.0 Å². The Labute approximate surface area is 106 Å². The van der Waals surface area contributed by atoms with Crippen molar-refractivity contribution >= 4 is 21.4 Å². The number of thiophene rings is 1. The monoisotopic (exact) mass is 274 g/mol. The maximum absolute atomic E-state index is 12.1. The maximum Gasteiger partial charge on any atom is 0.241 e. The Morgan fingerprint density at radius 2 is 2.18 bits per heavy atom. The molecule has 1 aromatic heterocycles. The van der Waals surface area contributed by atoms with Gasteiger partial charge in [-0.3, -0.25) is 0 Å². The van der Waals surface area contributed by atoms with Gasteiger partial charge in [0, 0.05) is 22.3 Å². The number of hydrogen-bond acceptors (Lipinski definition) is 4. The third-order valence-electron chi connectivity index (χ3n) is 3.13. The van der Waals surface area contributed by atoms with Crippen molar-refractivity contribution in [2.45, 2.75) is 43.2 Å². The van der Waals surface area contributed by atoms with Gasteiger partial charge in [0.05, 0.1) is 4.90 Å². The molecule has 1 saturated carbocycles. The lowest BCUT2D eigenvalue weighted by molar-refractivity contribution is 0.248. The normalized spacial score (nSPS) is 18.9. The summed E-state index contributed by atoms with van der Waals surface area (Å²) in [4.78, 5) is 1.42. The average Bonchev–Trinajstić information content (AvgIpc) is 2.65. The first kappa shape index (κ1) is 13.0. The van der Waals surface area contributed by atoms with E-state index in [-0.39, 0.29) is 5.54 Å². The van der Waals surface area contributed by atoms with Crippen LogP contribution in [0.5, 0.6) is 0 Å². The number of hydrogen-bond donors (Lipinski definition) is 2. The minimum atomic E-state index is -3.34. The lowest BCUT2D eigenvalue weighted by Gasteiger charge is -2.38. The molecule has 1 aliphatic rings. The van der Waals surface area contributed by atoms with Gasteiger partial charge in [0.2, 0.25) is 10.0 Å². The van der Waals surface area contributed by atoms with Gasteiger partial charge < -0.3 is 5.32 Å². The molecule has 2 rings (SSSR count). The highest BCUT2D eigenvalue weighted by Gasteiger charge is 2.36. The number of rotatable bonds is 5. The van der Waals surface area contributed by atoms with Crippen molar-refractivity contribution in [2.75, 3.05) is 7.05 Å². The van der Waals surface area contributed by atoms with Gasteiger partial charge in [-0.05, 0) is 39.3 Å².